The molecule has 0 aromatic rings. The molecule has 22 heavy (non-hydrogen) atoms. The number of methoxy groups -OCH3 is 1. The molecule has 1 aliphatic heterocycles. The molecular weight excluding hydrogens is 393 g/mol. The van der Waals surface area contributed by atoms with Crippen molar-refractivity contribution in [1.29, 1.82) is 0 Å². The predicted molar refractivity (Wildman–Crippen MR) is 103 cm³/mol. The number of hydrogen-bond donors (Lipinski definition) is 1. The van der Waals surface area contributed by atoms with Gasteiger partial charge in [0.1, 0.15) is 0 Å². The molecule has 0 bridgehead atoms. The number of nitrogens with zero attached hydrogens (tertiary/aromatic N) is 2. The molecule has 1 fully saturated rings. The van der Waals surface area contributed by atoms with E-state index in [2.05, 4.69) is 36.0 Å². The van der Waals surface area contributed by atoms with Gasteiger partial charge in [0, 0.05) is 46.3 Å². The predicted octanol–water partition coefficient (Wildman–Crippen LogP) is 2.60. The Kier molecular flexibility index (Phi) is 10.6. The maximum atomic E-state index is 5.59. The van der Waals surface area contributed by atoms with Gasteiger partial charge in [-0.1, -0.05) is 20.8 Å². The zero-order valence-electron chi connectivity index (χ0n) is 15.0. The van der Waals surface area contributed by atoms with Gasteiger partial charge in [-0.15, -0.1) is 24.0 Å². The third-order valence-corrected chi connectivity index (χ3v) is 4.05. The molecule has 0 aromatic heterocycles. The summed E-state index contributed by atoms with van der Waals surface area (Å²) in [6.45, 7) is 13.1. The molecule has 2 unspecified atom stereocenters. The summed E-state index contributed by atoms with van der Waals surface area (Å²) < 4.78 is 11.1. The van der Waals surface area contributed by atoms with Crippen LogP contribution in [-0.4, -0.2) is 64.0 Å². The summed E-state index contributed by atoms with van der Waals surface area (Å²) in [5, 5.41) is 3.46. The van der Waals surface area contributed by atoms with Crippen molar-refractivity contribution in [3.8, 4) is 0 Å². The molecule has 0 saturated carbocycles. The largest absolute Gasteiger partial charge is 0.381 e. The molecular formula is C16H34IN3O2. The molecule has 1 saturated heterocycles. The van der Waals surface area contributed by atoms with Gasteiger partial charge in [-0.2, -0.15) is 0 Å². The summed E-state index contributed by atoms with van der Waals surface area (Å²) in [5.74, 6) is 1.59. The Morgan fingerprint density at radius 1 is 1.41 bits per heavy atom. The maximum Gasteiger partial charge on any atom is 0.193 e. The number of rotatable bonds is 6. The molecule has 0 aliphatic carbocycles. The zero-order chi connectivity index (χ0) is 15.9. The summed E-state index contributed by atoms with van der Waals surface area (Å²) in [6.07, 6.45) is 1.34. The fourth-order valence-corrected chi connectivity index (χ4v) is 2.70. The van der Waals surface area contributed by atoms with E-state index in [0.29, 0.717) is 5.92 Å². The highest BCUT2D eigenvalue weighted by atomic mass is 127. The first-order chi connectivity index (χ1) is 9.92. The molecule has 1 rings (SSSR count). The van der Waals surface area contributed by atoms with Crippen LogP contribution in [0.1, 0.15) is 34.1 Å². The van der Waals surface area contributed by atoms with E-state index in [1.165, 1.54) is 6.42 Å². The zero-order valence-corrected chi connectivity index (χ0v) is 17.3. The summed E-state index contributed by atoms with van der Waals surface area (Å²) >= 11 is 0. The smallest absolute Gasteiger partial charge is 0.193 e. The number of guanidine groups is 1. The SMILES string of the molecule is CCOCC1CCN(C(=NC)NCC(OC)C(C)(C)C)C1.I. The van der Waals surface area contributed by atoms with Crippen LogP contribution in [0.3, 0.4) is 0 Å². The summed E-state index contributed by atoms with van der Waals surface area (Å²) in [5.41, 5.74) is 0.114. The van der Waals surface area contributed by atoms with Gasteiger partial charge in [-0.25, -0.2) is 0 Å². The van der Waals surface area contributed by atoms with E-state index in [4.69, 9.17) is 9.47 Å². The molecule has 1 heterocycles. The van der Waals surface area contributed by atoms with E-state index < -0.39 is 0 Å². The van der Waals surface area contributed by atoms with Crippen LogP contribution in [0.5, 0.6) is 0 Å². The minimum Gasteiger partial charge on any atom is -0.381 e. The normalized spacial score (nSPS) is 20.7. The number of ether oxygens (including phenoxy) is 2. The highest BCUT2D eigenvalue weighted by molar-refractivity contribution is 14.0. The van der Waals surface area contributed by atoms with E-state index in [1.807, 2.05) is 14.0 Å². The summed E-state index contributed by atoms with van der Waals surface area (Å²) in [4.78, 5) is 6.73. The van der Waals surface area contributed by atoms with Crippen LogP contribution < -0.4 is 5.32 Å². The van der Waals surface area contributed by atoms with Gasteiger partial charge in [0.25, 0.3) is 0 Å². The van der Waals surface area contributed by atoms with Crippen LogP contribution in [0, 0.1) is 11.3 Å². The van der Waals surface area contributed by atoms with E-state index in [9.17, 15) is 0 Å². The maximum absolute atomic E-state index is 5.59. The van der Waals surface area contributed by atoms with Gasteiger partial charge < -0.3 is 19.7 Å². The van der Waals surface area contributed by atoms with Crippen molar-refractivity contribution in [1.82, 2.24) is 10.2 Å². The van der Waals surface area contributed by atoms with Crippen LogP contribution in [0.4, 0.5) is 0 Å². The van der Waals surface area contributed by atoms with Gasteiger partial charge in [0.15, 0.2) is 5.96 Å². The molecule has 1 N–H and O–H groups in total. The summed E-state index contributed by atoms with van der Waals surface area (Å²) in [6, 6.07) is 0. The second-order valence-electron chi connectivity index (χ2n) is 6.78. The lowest BCUT2D eigenvalue weighted by molar-refractivity contribution is 0.0202. The topological polar surface area (TPSA) is 46.1 Å². The monoisotopic (exact) mass is 427 g/mol. The number of hydrogen-bond acceptors (Lipinski definition) is 3. The third-order valence-electron chi connectivity index (χ3n) is 4.05. The first-order valence-corrected chi connectivity index (χ1v) is 7.98. The van der Waals surface area contributed by atoms with Gasteiger partial charge >= 0.3 is 0 Å². The fourth-order valence-electron chi connectivity index (χ4n) is 2.70. The second-order valence-corrected chi connectivity index (χ2v) is 6.78. The fraction of sp³-hybridized carbons (Fsp3) is 0.938. The number of nitrogens with one attached hydrogen (secondary N) is 1. The van der Waals surface area contributed by atoms with Crippen molar-refractivity contribution in [2.45, 2.75) is 40.2 Å². The second kappa shape index (κ2) is 10.6. The van der Waals surface area contributed by atoms with Crippen molar-refractivity contribution in [2.75, 3.05) is 47.0 Å². The quantitative estimate of drug-likeness (QED) is 0.402. The number of halogens is 1. The van der Waals surface area contributed by atoms with Gasteiger partial charge in [0.05, 0.1) is 12.7 Å². The van der Waals surface area contributed by atoms with E-state index >= 15 is 0 Å². The highest BCUT2D eigenvalue weighted by Gasteiger charge is 2.27. The average molecular weight is 427 g/mol. The van der Waals surface area contributed by atoms with Gasteiger partial charge in [-0.05, 0) is 18.8 Å². The Morgan fingerprint density at radius 3 is 2.59 bits per heavy atom. The van der Waals surface area contributed by atoms with Crippen molar-refractivity contribution in [3.63, 3.8) is 0 Å². The van der Waals surface area contributed by atoms with Crippen molar-refractivity contribution in [3.05, 3.63) is 0 Å². The minimum absolute atomic E-state index is 0. The standard InChI is InChI=1S/C16H33N3O2.HI/c1-7-21-12-13-8-9-19(11-13)15(17-5)18-10-14(20-6)16(2,3)4;/h13-14H,7-12H2,1-6H3,(H,17,18);1H. The van der Waals surface area contributed by atoms with Crippen molar-refractivity contribution < 1.29 is 9.47 Å². The molecule has 5 nitrogen and oxygen atoms in total. The molecule has 0 amide bonds. The molecule has 0 aromatic carbocycles. The first-order valence-electron chi connectivity index (χ1n) is 7.98. The molecule has 0 spiro atoms. The lowest BCUT2D eigenvalue weighted by Crippen LogP contribution is -2.46. The van der Waals surface area contributed by atoms with Gasteiger partial charge in [0.2, 0.25) is 0 Å². The molecule has 6 heteroatoms. The molecule has 2 atom stereocenters. The minimum atomic E-state index is 0. The lowest BCUT2D eigenvalue weighted by atomic mass is 9.89. The van der Waals surface area contributed by atoms with Crippen LogP contribution >= 0.6 is 24.0 Å². The Hall–Kier alpha value is -0.0800. The van der Waals surface area contributed by atoms with E-state index in [0.717, 1.165) is 38.8 Å². The van der Waals surface area contributed by atoms with E-state index in [-0.39, 0.29) is 35.5 Å². The molecule has 132 valence electrons. The first kappa shape index (κ1) is 21.9. The van der Waals surface area contributed by atoms with E-state index in [1.54, 1.807) is 7.11 Å². The average Bonchev–Trinajstić information content (AvgIpc) is 2.88. The molecule has 0 radical (unpaired) electrons. The Bertz CT molecular complexity index is 332. The Labute approximate surface area is 153 Å². The molecule has 1 aliphatic rings. The number of likely N-dealkylation sites (tertiary alicyclic amines) is 1. The van der Waals surface area contributed by atoms with Crippen LogP contribution in [0.2, 0.25) is 0 Å². The van der Waals surface area contributed by atoms with Crippen LogP contribution in [0.15, 0.2) is 4.99 Å². The highest BCUT2D eigenvalue weighted by Crippen LogP contribution is 2.21. The van der Waals surface area contributed by atoms with Crippen molar-refractivity contribution in [2.24, 2.45) is 16.3 Å². The van der Waals surface area contributed by atoms with Crippen molar-refractivity contribution >= 4 is 29.9 Å². The lowest BCUT2D eigenvalue weighted by Gasteiger charge is -2.31. The van der Waals surface area contributed by atoms with Gasteiger partial charge in [-0.3, -0.25) is 4.99 Å². The Balaban J connectivity index is 0.00000441. The van der Waals surface area contributed by atoms with Crippen LogP contribution in [-0.2, 0) is 9.47 Å². The third kappa shape index (κ3) is 7.00. The summed E-state index contributed by atoms with van der Waals surface area (Å²) in [7, 11) is 3.62. The Morgan fingerprint density at radius 2 is 2.09 bits per heavy atom. The number of aliphatic imine (C=N–C) groups is 1. The van der Waals surface area contributed by atoms with Crippen LogP contribution in [0.25, 0.3) is 0 Å².